The minimum absolute atomic E-state index is 0.144. The Labute approximate surface area is 130 Å². The van der Waals surface area contributed by atoms with E-state index in [4.69, 9.17) is 0 Å². The summed E-state index contributed by atoms with van der Waals surface area (Å²) in [7, 11) is 0. The van der Waals surface area contributed by atoms with Gasteiger partial charge < -0.3 is 0 Å². The van der Waals surface area contributed by atoms with Crippen molar-refractivity contribution in [2.75, 3.05) is 0 Å². The molecule has 1 saturated heterocycles. The minimum atomic E-state index is -7.13. The number of hydrogen-bond donors (Lipinski definition) is 0. The number of morpholine rings is 1. The van der Waals surface area contributed by atoms with Crippen LogP contribution in [0.3, 0.4) is 0 Å². The average Bonchev–Trinajstić information content (AvgIpc) is 2.23. The van der Waals surface area contributed by atoms with Crippen LogP contribution in [-0.2, 0) is 9.53 Å². The largest absolute Gasteiger partial charge is 0.439 e. The Morgan fingerprint density at radius 2 is 1.13 bits per heavy atom. The smallest absolute Gasteiger partial charge is 0.281 e. The topological polar surface area (TPSA) is 29.5 Å². The molecule has 136 valence electrons. The normalized spacial score (nSPS) is 26.8. The Kier molecular flexibility index (Phi) is 4.46. The summed E-state index contributed by atoms with van der Waals surface area (Å²) in [6.45, 7) is 0. The van der Waals surface area contributed by atoms with Gasteiger partial charge in [-0.05, 0) is 0 Å². The molecule has 3 nitrogen and oxygen atoms in total. The molecule has 0 radical (unpaired) electrons. The van der Waals surface area contributed by atoms with Gasteiger partial charge in [0.05, 0.1) is 0 Å². The van der Waals surface area contributed by atoms with Crippen molar-refractivity contribution in [3.8, 4) is 0 Å². The zero-order valence-electron chi connectivity index (χ0n) is 9.68. The first kappa shape index (κ1) is 20.5. The third kappa shape index (κ3) is 2.56. The Morgan fingerprint density at radius 1 is 0.826 bits per heavy atom. The van der Waals surface area contributed by atoms with Crippen molar-refractivity contribution in [3.05, 3.63) is 0 Å². The summed E-state index contributed by atoms with van der Waals surface area (Å²) < 4.78 is 154. The second-order valence-electron chi connectivity index (χ2n) is 3.94. The van der Waals surface area contributed by atoms with Crippen LogP contribution < -0.4 is 0 Å². The van der Waals surface area contributed by atoms with Crippen molar-refractivity contribution in [1.82, 2.24) is 4.90 Å². The van der Waals surface area contributed by atoms with Crippen LogP contribution in [0.2, 0.25) is 0 Å². The number of carbonyl (C=O) groups excluding carboxylic acids is 1. The van der Waals surface area contributed by atoms with Crippen LogP contribution in [0.5, 0.6) is 0 Å². The standard InChI is InChI=1S/C7F12INO2/c8-2(9,1(20)22)3(10,11)21-4(12,13)6(16,17)23-7(18,19)5(21,14)15. The first-order valence-electron chi connectivity index (χ1n) is 4.74. The first-order chi connectivity index (χ1) is 9.77. The third-order valence-corrected chi connectivity index (χ3v) is 3.10. The Hall–Kier alpha value is -0.520. The molecule has 0 aromatic carbocycles. The maximum absolute atomic E-state index is 13.3. The molecule has 0 spiro atoms. The maximum atomic E-state index is 13.3. The number of alkyl halides is 12. The summed E-state index contributed by atoms with van der Waals surface area (Å²) in [6, 6.07) is -21.2. The molecular formula is C7F12INO2. The summed E-state index contributed by atoms with van der Waals surface area (Å²) in [5.41, 5.74) is 0. The van der Waals surface area contributed by atoms with Gasteiger partial charge in [-0.25, -0.2) is 4.74 Å². The fourth-order valence-electron chi connectivity index (χ4n) is 1.33. The number of hydrogen-bond acceptors (Lipinski definition) is 3. The third-order valence-electron chi connectivity index (χ3n) is 2.42. The number of nitrogens with zero attached hydrogens (tertiary/aromatic N) is 1. The predicted octanol–water partition coefficient (Wildman–Crippen LogP) is 3.88. The fraction of sp³-hybridized carbons (Fsp3) is 0.857. The highest BCUT2D eigenvalue weighted by Gasteiger charge is 2.90. The van der Waals surface area contributed by atoms with Gasteiger partial charge in [0.25, 0.3) is 3.79 Å². The number of rotatable bonds is 3. The highest BCUT2D eigenvalue weighted by Crippen LogP contribution is 2.60. The fourth-order valence-corrected chi connectivity index (χ4v) is 1.66. The van der Waals surface area contributed by atoms with Crippen molar-refractivity contribution in [2.24, 2.45) is 0 Å². The van der Waals surface area contributed by atoms with E-state index >= 15 is 0 Å². The van der Waals surface area contributed by atoms with E-state index in [-0.39, 0.29) is 22.6 Å². The quantitative estimate of drug-likeness (QED) is 0.263. The van der Waals surface area contributed by atoms with E-state index in [1.807, 2.05) is 4.74 Å². The summed E-state index contributed by atoms with van der Waals surface area (Å²) in [5, 5.41) is 0. The second kappa shape index (κ2) is 4.99. The molecule has 23 heavy (non-hydrogen) atoms. The van der Waals surface area contributed by atoms with Crippen LogP contribution >= 0.6 is 22.6 Å². The lowest BCUT2D eigenvalue weighted by atomic mass is 10.2. The van der Waals surface area contributed by atoms with Crippen LogP contribution in [0.1, 0.15) is 0 Å². The van der Waals surface area contributed by atoms with Gasteiger partial charge >= 0.3 is 36.3 Å². The van der Waals surface area contributed by atoms with Crippen LogP contribution in [0.15, 0.2) is 0 Å². The zero-order chi connectivity index (χ0) is 18.9. The van der Waals surface area contributed by atoms with Crippen molar-refractivity contribution in [2.45, 2.75) is 36.3 Å². The molecule has 16 heteroatoms. The summed E-state index contributed by atoms with van der Waals surface area (Å²) in [5.74, 6) is -6.44. The predicted molar refractivity (Wildman–Crippen MR) is 51.6 cm³/mol. The van der Waals surface area contributed by atoms with E-state index in [2.05, 4.69) is 0 Å². The van der Waals surface area contributed by atoms with Crippen molar-refractivity contribution in [1.29, 1.82) is 0 Å². The van der Waals surface area contributed by atoms with Gasteiger partial charge in [0.15, 0.2) is 0 Å². The highest BCUT2D eigenvalue weighted by molar-refractivity contribution is 14.1. The van der Waals surface area contributed by atoms with Gasteiger partial charge in [0.2, 0.25) is 0 Å². The molecule has 1 rings (SSSR count). The van der Waals surface area contributed by atoms with Gasteiger partial charge in [0.1, 0.15) is 0 Å². The van der Waals surface area contributed by atoms with Gasteiger partial charge in [-0.15, -0.1) is 0 Å². The number of halogens is 13. The van der Waals surface area contributed by atoms with Gasteiger partial charge in [-0.2, -0.15) is 52.7 Å². The maximum Gasteiger partial charge on any atom is 0.439 e. The van der Waals surface area contributed by atoms with E-state index in [0.717, 1.165) is 0 Å². The first-order valence-corrected chi connectivity index (χ1v) is 5.82. The van der Waals surface area contributed by atoms with E-state index in [0.29, 0.717) is 0 Å². The molecule has 0 N–H and O–H groups in total. The van der Waals surface area contributed by atoms with Crippen molar-refractivity contribution in [3.63, 3.8) is 0 Å². The van der Waals surface area contributed by atoms with E-state index in [1.165, 1.54) is 0 Å². The number of ether oxygens (including phenoxy) is 1. The number of carbonyl (C=O) groups is 1. The van der Waals surface area contributed by atoms with Crippen LogP contribution in [0.4, 0.5) is 52.7 Å². The minimum Gasteiger partial charge on any atom is -0.281 e. The molecule has 0 saturated carbocycles. The molecule has 1 fully saturated rings. The van der Waals surface area contributed by atoms with Crippen LogP contribution in [0, 0.1) is 0 Å². The highest BCUT2D eigenvalue weighted by atomic mass is 127. The zero-order valence-corrected chi connectivity index (χ0v) is 11.8. The lowest BCUT2D eigenvalue weighted by Crippen LogP contribution is -2.80. The summed E-state index contributed by atoms with van der Waals surface area (Å²) in [6.07, 6.45) is -13.4. The van der Waals surface area contributed by atoms with E-state index < -0.39 is 45.0 Å². The molecule has 1 aliphatic rings. The molecule has 0 atom stereocenters. The van der Waals surface area contributed by atoms with Gasteiger partial charge in [-0.1, -0.05) is 4.90 Å². The average molecular weight is 485 g/mol. The lowest BCUT2D eigenvalue weighted by molar-refractivity contribution is -0.591. The monoisotopic (exact) mass is 485 g/mol. The summed E-state index contributed by atoms with van der Waals surface area (Å²) in [4.78, 5) is 6.62. The van der Waals surface area contributed by atoms with Crippen LogP contribution in [0.25, 0.3) is 0 Å². The second-order valence-corrected chi connectivity index (χ2v) is 4.92. The Bertz CT molecular complexity index is 494. The SMILES string of the molecule is O=C(I)C(F)(F)C(F)(F)N1C(F)(F)C(F)(F)OC(F)(F)C1(F)F. The molecule has 0 amide bonds. The molecule has 0 aromatic rings. The molecule has 0 aliphatic carbocycles. The van der Waals surface area contributed by atoms with Crippen molar-refractivity contribution >= 4 is 26.4 Å². The lowest BCUT2D eigenvalue weighted by Gasteiger charge is -2.49. The van der Waals surface area contributed by atoms with Crippen LogP contribution in [-0.4, -0.2) is 45.0 Å². The molecule has 0 aromatic heterocycles. The van der Waals surface area contributed by atoms with Gasteiger partial charge in [-0.3, -0.25) is 4.79 Å². The molecule has 0 unspecified atom stereocenters. The molecular weight excluding hydrogens is 485 g/mol. The summed E-state index contributed by atoms with van der Waals surface area (Å²) >= 11 is -0.144. The van der Waals surface area contributed by atoms with Gasteiger partial charge in [0, 0.05) is 22.6 Å². The molecule has 1 aliphatic heterocycles. The van der Waals surface area contributed by atoms with E-state index in [9.17, 15) is 57.5 Å². The van der Waals surface area contributed by atoms with Crippen molar-refractivity contribution < 1.29 is 62.2 Å². The Morgan fingerprint density at radius 3 is 1.39 bits per heavy atom. The van der Waals surface area contributed by atoms with E-state index in [1.54, 1.807) is 0 Å². The molecule has 1 heterocycles. The Balaban J connectivity index is 3.71. The molecule has 0 bridgehead atoms.